The van der Waals surface area contributed by atoms with Gasteiger partial charge in [0.1, 0.15) is 5.75 Å². The van der Waals surface area contributed by atoms with Gasteiger partial charge in [0.25, 0.3) is 11.8 Å². The molecule has 3 amide bonds. The average molecular weight is 442 g/mol. The van der Waals surface area contributed by atoms with Crippen LogP contribution in [0.1, 0.15) is 53.0 Å². The SMILES string of the molecule is CC(C)C(=O)NCc1ccc(Cl)c(C(=O)Nc2ccc3c(c2)C(=O)N(C2CC2)CO3)c1. The topological polar surface area (TPSA) is 87.7 Å². The van der Waals surface area contributed by atoms with Crippen molar-refractivity contribution in [2.75, 3.05) is 12.0 Å². The summed E-state index contributed by atoms with van der Waals surface area (Å²) >= 11 is 6.24. The maximum atomic E-state index is 12.9. The van der Waals surface area contributed by atoms with Gasteiger partial charge in [-0.2, -0.15) is 0 Å². The Morgan fingerprint density at radius 2 is 1.97 bits per heavy atom. The maximum Gasteiger partial charge on any atom is 0.260 e. The Morgan fingerprint density at radius 3 is 2.68 bits per heavy atom. The number of carbonyl (C=O) groups excluding carboxylic acids is 3. The number of amides is 3. The number of nitrogens with zero attached hydrogens (tertiary/aromatic N) is 1. The molecule has 4 rings (SSSR count). The summed E-state index contributed by atoms with van der Waals surface area (Å²) in [5.74, 6) is -0.157. The van der Waals surface area contributed by atoms with Crippen LogP contribution in [0.4, 0.5) is 5.69 Å². The second-order valence-corrected chi connectivity index (χ2v) is 8.54. The molecule has 7 nitrogen and oxygen atoms in total. The van der Waals surface area contributed by atoms with E-state index in [0.29, 0.717) is 28.6 Å². The molecule has 0 unspecified atom stereocenters. The van der Waals surface area contributed by atoms with Crippen LogP contribution in [-0.4, -0.2) is 35.4 Å². The van der Waals surface area contributed by atoms with E-state index in [1.54, 1.807) is 41.3 Å². The molecule has 2 aromatic rings. The molecule has 1 fully saturated rings. The van der Waals surface area contributed by atoms with Crippen molar-refractivity contribution in [3.63, 3.8) is 0 Å². The van der Waals surface area contributed by atoms with E-state index in [1.165, 1.54) is 0 Å². The summed E-state index contributed by atoms with van der Waals surface area (Å²) in [5, 5.41) is 5.92. The number of hydrogen-bond donors (Lipinski definition) is 2. The predicted molar refractivity (Wildman–Crippen MR) is 117 cm³/mol. The largest absolute Gasteiger partial charge is 0.472 e. The van der Waals surface area contributed by atoms with E-state index in [9.17, 15) is 14.4 Å². The van der Waals surface area contributed by atoms with Crippen LogP contribution in [-0.2, 0) is 11.3 Å². The van der Waals surface area contributed by atoms with Crippen LogP contribution in [0.15, 0.2) is 36.4 Å². The highest BCUT2D eigenvalue weighted by molar-refractivity contribution is 6.34. The first kappa shape index (κ1) is 21.2. The first-order valence-electron chi connectivity index (χ1n) is 10.3. The molecule has 2 aromatic carbocycles. The van der Waals surface area contributed by atoms with Gasteiger partial charge in [-0.1, -0.05) is 31.5 Å². The standard InChI is InChI=1S/C23H24ClN3O4/c1-13(2)21(28)25-11-14-3-7-19(24)17(9-14)22(29)26-15-4-8-20-18(10-15)23(30)27(12-31-20)16-5-6-16/h3-4,7-10,13,16H,5-6,11-12H2,1-2H3,(H,25,28)(H,26,29). The highest BCUT2D eigenvalue weighted by Gasteiger charge is 2.37. The molecular formula is C23H24ClN3O4. The van der Waals surface area contributed by atoms with Crippen LogP contribution in [0.3, 0.4) is 0 Å². The van der Waals surface area contributed by atoms with Gasteiger partial charge in [0, 0.05) is 24.2 Å². The summed E-state index contributed by atoms with van der Waals surface area (Å²) in [6.45, 7) is 4.19. The molecule has 1 aliphatic heterocycles. The third-order valence-corrected chi connectivity index (χ3v) is 5.67. The summed E-state index contributed by atoms with van der Waals surface area (Å²) in [7, 11) is 0. The number of nitrogens with one attached hydrogen (secondary N) is 2. The van der Waals surface area contributed by atoms with Crippen LogP contribution >= 0.6 is 11.6 Å². The van der Waals surface area contributed by atoms with Crippen molar-refractivity contribution < 1.29 is 19.1 Å². The summed E-state index contributed by atoms with van der Waals surface area (Å²) in [4.78, 5) is 39.1. The Labute approximate surface area is 185 Å². The molecule has 1 aliphatic carbocycles. The van der Waals surface area contributed by atoms with Gasteiger partial charge in [-0.05, 0) is 48.7 Å². The zero-order valence-electron chi connectivity index (χ0n) is 17.4. The third-order valence-electron chi connectivity index (χ3n) is 5.34. The van der Waals surface area contributed by atoms with Gasteiger partial charge in [-0.15, -0.1) is 0 Å². The Hall–Kier alpha value is -3.06. The molecule has 0 saturated heterocycles. The lowest BCUT2D eigenvalue weighted by Gasteiger charge is -2.29. The summed E-state index contributed by atoms with van der Waals surface area (Å²) in [6, 6.07) is 10.3. The second kappa shape index (κ2) is 8.59. The van der Waals surface area contributed by atoms with Crippen molar-refractivity contribution in [1.82, 2.24) is 10.2 Å². The lowest BCUT2D eigenvalue weighted by atomic mass is 10.1. The quantitative estimate of drug-likeness (QED) is 0.713. The Morgan fingerprint density at radius 1 is 1.19 bits per heavy atom. The van der Waals surface area contributed by atoms with E-state index < -0.39 is 5.91 Å². The predicted octanol–water partition coefficient (Wildman–Crippen LogP) is 3.82. The Kier molecular flexibility index (Phi) is 5.87. The molecule has 1 saturated carbocycles. The van der Waals surface area contributed by atoms with E-state index in [4.69, 9.17) is 16.3 Å². The normalized spacial score (nSPS) is 15.4. The van der Waals surface area contributed by atoms with Crippen LogP contribution in [0.2, 0.25) is 5.02 Å². The van der Waals surface area contributed by atoms with E-state index in [-0.39, 0.29) is 36.1 Å². The second-order valence-electron chi connectivity index (χ2n) is 8.13. The van der Waals surface area contributed by atoms with Gasteiger partial charge in [-0.3, -0.25) is 14.4 Å². The van der Waals surface area contributed by atoms with Gasteiger partial charge < -0.3 is 20.3 Å². The third kappa shape index (κ3) is 4.66. The smallest absolute Gasteiger partial charge is 0.260 e. The average Bonchev–Trinajstić information content (AvgIpc) is 3.58. The van der Waals surface area contributed by atoms with Gasteiger partial charge in [0.2, 0.25) is 5.91 Å². The van der Waals surface area contributed by atoms with Crippen LogP contribution in [0.5, 0.6) is 5.75 Å². The maximum absolute atomic E-state index is 12.9. The molecule has 31 heavy (non-hydrogen) atoms. The molecule has 8 heteroatoms. The lowest BCUT2D eigenvalue weighted by Crippen LogP contribution is -2.40. The number of benzene rings is 2. The first-order valence-corrected chi connectivity index (χ1v) is 10.7. The highest BCUT2D eigenvalue weighted by atomic mass is 35.5. The highest BCUT2D eigenvalue weighted by Crippen LogP contribution is 2.34. The Bertz CT molecular complexity index is 1050. The fourth-order valence-electron chi connectivity index (χ4n) is 3.36. The summed E-state index contributed by atoms with van der Waals surface area (Å²) in [5.41, 5.74) is 1.97. The fourth-order valence-corrected chi connectivity index (χ4v) is 3.56. The number of fused-ring (bicyclic) bond motifs is 1. The van der Waals surface area contributed by atoms with Crippen molar-refractivity contribution in [3.8, 4) is 5.75 Å². The minimum Gasteiger partial charge on any atom is -0.472 e. The van der Waals surface area contributed by atoms with Gasteiger partial charge in [0.05, 0.1) is 16.1 Å². The van der Waals surface area contributed by atoms with Crippen molar-refractivity contribution in [2.24, 2.45) is 5.92 Å². The lowest BCUT2D eigenvalue weighted by molar-refractivity contribution is -0.124. The van der Waals surface area contributed by atoms with E-state index in [1.807, 2.05) is 13.8 Å². The van der Waals surface area contributed by atoms with Crippen LogP contribution < -0.4 is 15.4 Å². The van der Waals surface area contributed by atoms with Crippen molar-refractivity contribution in [2.45, 2.75) is 39.3 Å². The molecular weight excluding hydrogens is 418 g/mol. The van der Waals surface area contributed by atoms with Crippen molar-refractivity contribution >= 4 is 35.0 Å². The molecule has 162 valence electrons. The molecule has 1 heterocycles. The summed E-state index contributed by atoms with van der Waals surface area (Å²) < 4.78 is 5.69. The molecule has 0 atom stereocenters. The molecule has 0 radical (unpaired) electrons. The van der Waals surface area contributed by atoms with Gasteiger partial charge >= 0.3 is 0 Å². The number of halogens is 1. The number of hydrogen-bond acceptors (Lipinski definition) is 4. The minimum atomic E-state index is -0.398. The van der Waals surface area contributed by atoms with E-state index >= 15 is 0 Å². The zero-order valence-corrected chi connectivity index (χ0v) is 18.2. The zero-order chi connectivity index (χ0) is 22.1. The molecule has 0 aromatic heterocycles. The van der Waals surface area contributed by atoms with E-state index in [0.717, 1.165) is 18.4 Å². The number of anilines is 1. The van der Waals surface area contributed by atoms with Gasteiger partial charge in [0.15, 0.2) is 6.73 Å². The molecule has 0 bridgehead atoms. The molecule has 2 aliphatic rings. The summed E-state index contributed by atoms with van der Waals surface area (Å²) in [6.07, 6.45) is 1.99. The Balaban J connectivity index is 1.49. The monoisotopic (exact) mass is 441 g/mol. The number of ether oxygens (including phenoxy) is 1. The first-order chi connectivity index (χ1) is 14.8. The molecule has 2 N–H and O–H groups in total. The minimum absolute atomic E-state index is 0.0675. The van der Waals surface area contributed by atoms with Gasteiger partial charge in [-0.25, -0.2) is 0 Å². The number of rotatable bonds is 6. The van der Waals surface area contributed by atoms with Crippen molar-refractivity contribution in [1.29, 1.82) is 0 Å². The fraction of sp³-hybridized carbons (Fsp3) is 0.348. The van der Waals surface area contributed by atoms with E-state index in [2.05, 4.69) is 10.6 Å². The van der Waals surface area contributed by atoms with Crippen molar-refractivity contribution in [3.05, 3.63) is 58.1 Å². The van der Waals surface area contributed by atoms with Crippen LogP contribution in [0, 0.1) is 5.92 Å². The van der Waals surface area contributed by atoms with Crippen LogP contribution in [0.25, 0.3) is 0 Å². The number of carbonyl (C=O) groups is 3. The molecule has 0 spiro atoms.